The second-order valence-electron chi connectivity index (χ2n) is 4.15. The highest BCUT2D eigenvalue weighted by Gasteiger charge is 2.17. The first kappa shape index (κ1) is 12.6. The smallest absolute Gasteiger partial charge is 0.268 e. The maximum Gasteiger partial charge on any atom is 0.268 e. The quantitative estimate of drug-likeness (QED) is 0.912. The van der Waals surface area contributed by atoms with E-state index >= 15 is 0 Å². The maximum absolute atomic E-state index is 12.0. The van der Waals surface area contributed by atoms with Crippen molar-refractivity contribution in [1.82, 2.24) is 24.6 Å². The first-order chi connectivity index (χ1) is 8.49. The minimum atomic E-state index is -0.223. The fourth-order valence-corrected chi connectivity index (χ4v) is 2.02. The Morgan fingerprint density at radius 3 is 2.67 bits per heavy atom. The molecular weight excluding hydrogens is 254 g/mol. The van der Waals surface area contributed by atoms with Crippen LogP contribution in [0.1, 0.15) is 29.3 Å². The molecule has 2 heterocycles. The van der Waals surface area contributed by atoms with Gasteiger partial charge in [0.05, 0.1) is 11.1 Å². The molecule has 0 fully saturated rings. The van der Waals surface area contributed by atoms with E-state index < -0.39 is 0 Å². The van der Waals surface area contributed by atoms with Crippen molar-refractivity contribution < 1.29 is 4.79 Å². The van der Waals surface area contributed by atoms with Crippen LogP contribution in [0.2, 0.25) is 5.02 Å². The van der Waals surface area contributed by atoms with E-state index in [4.69, 9.17) is 11.6 Å². The summed E-state index contributed by atoms with van der Waals surface area (Å²) in [4.78, 5) is 12.0. The Bertz CT molecular complexity index is 574. The van der Waals surface area contributed by atoms with Crippen LogP contribution < -0.4 is 5.32 Å². The fourth-order valence-electron chi connectivity index (χ4n) is 1.77. The van der Waals surface area contributed by atoms with Crippen molar-refractivity contribution in [2.24, 2.45) is 14.1 Å². The molecule has 1 atom stereocenters. The Morgan fingerprint density at radius 1 is 1.44 bits per heavy atom. The molecule has 0 aliphatic heterocycles. The molecule has 0 saturated heterocycles. The van der Waals surface area contributed by atoms with E-state index in [1.165, 1.54) is 0 Å². The van der Waals surface area contributed by atoms with Gasteiger partial charge in [0.15, 0.2) is 5.82 Å². The predicted octanol–water partition coefficient (Wildman–Crippen LogP) is 1.30. The lowest BCUT2D eigenvalue weighted by Crippen LogP contribution is -2.29. The highest BCUT2D eigenvalue weighted by molar-refractivity contribution is 6.31. The minimum absolute atomic E-state index is 0.195. The molecule has 96 valence electrons. The maximum atomic E-state index is 12.0. The molecule has 18 heavy (non-hydrogen) atoms. The number of carbonyl (C=O) groups excluding carboxylic acids is 1. The summed E-state index contributed by atoms with van der Waals surface area (Å²) >= 11 is 5.84. The van der Waals surface area contributed by atoms with Crippen molar-refractivity contribution in [1.29, 1.82) is 0 Å². The molecule has 0 aromatic carbocycles. The SMILES string of the molecule is CC(NC(=O)c1cc(Cl)cn1C)c1nncn1C. The number of rotatable bonds is 3. The van der Waals surface area contributed by atoms with Gasteiger partial charge < -0.3 is 14.5 Å². The van der Waals surface area contributed by atoms with E-state index in [-0.39, 0.29) is 11.9 Å². The molecule has 0 aliphatic carbocycles. The van der Waals surface area contributed by atoms with E-state index in [0.29, 0.717) is 16.5 Å². The van der Waals surface area contributed by atoms with E-state index in [1.807, 2.05) is 14.0 Å². The minimum Gasteiger partial charge on any atom is -0.345 e. The molecule has 2 aromatic heterocycles. The zero-order chi connectivity index (χ0) is 13.3. The van der Waals surface area contributed by atoms with Crippen molar-refractivity contribution in [3.63, 3.8) is 0 Å². The Labute approximate surface area is 110 Å². The van der Waals surface area contributed by atoms with Crippen molar-refractivity contribution in [2.45, 2.75) is 13.0 Å². The zero-order valence-corrected chi connectivity index (χ0v) is 11.1. The van der Waals surface area contributed by atoms with Gasteiger partial charge in [-0.3, -0.25) is 4.79 Å². The van der Waals surface area contributed by atoms with Gasteiger partial charge in [0.25, 0.3) is 5.91 Å². The first-order valence-corrected chi connectivity index (χ1v) is 5.83. The van der Waals surface area contributed by atoms with Gasteiger partial charge in [-0.25, -0.2) is 0 Å². The molecule has 2 rings (SSSR count). The van der Waals surface area contributed by atoms with Crippen LogP contribution in [-0.2, 0) is 14.1 Å². The highest BCUT2D eigenvalue weighted by Crippen LogP contribution is 2.14. The number of amides is 1. The third kappa shape index (κ3) is 2.38. The summed E-state index contributed by atoms with van der Waals surface area (Å²) in [6.45, 7) is 1.85. The van der Waals surface area contributed by atoms with Crippen LogP contribution in [0.3, 0.4) is 0 Å². The lowest BCUT2D eigenvalue weighted by Gasteiger charge is -2.13. The highest BCUT2D eigenvalue weighted by atomic mass is 35.5. The summed E-state index contributed by atoms with van der Waals surface area (Å²) in [5.41, 5.74) is 0.508. The van der Waals surface area contributed by atoms with Gasteiger partial charge in [-0.15, -0.1) is 10.2 Å². The van der Waals surface area contributed by atoms with Crippen LogP contribution in [0, 0.1) is 0 Å². The molecule has 7 heteroatoms. The Balaban J connectivity index is 2.13. The molecule has 0 bridgehead atoms. The van der Waals surface area contributed by atoms with Gasteiger partial charge in [0.1, 0.15) is 12.0 Å². The molecule has 0 aliphatic rings. The molecule has 0 radical (unpaired) electrons. The lowest BCUT2D eigenvalue weighted by atomic mass is 10.3. The number of hydrogen-bond donors (Lipinski definition) is 1. The predicted molar refractivity (Wildman–Crippen MR) is 67.3 cm³/mol. The van der Waals surface area contributed by atoms with Gasteiger partial charge in [0.2, 0.25) is 0 Å². The summed E-state index contributed by atoms with van der Waals surface area (Å²) in [5, 5.41) is 11.1. The average Bonchev–Trinajstić information content (AvgIpc) is 2.84. The van der Waals surface area contributed by atoms with Crippen LogP contribution in [0.25, 0.3) is 0 Å². The van der Waals surface area contributed by atoms with Crippen molar-refractivity contribution in [2.75, 3.05) is 0 Å². The fraction of sp³-hybridized carbons (Fsp3) is 0.364. The molecule has 0 saturated carbocycles. The standard InChI is InChI=1S/C11H14ClN5O/c1-7(10-15-13-6-17(10)3)14-11(18)9-4-8(12)5-16(9)2/h4-7H,1-3H3,(H,14,18). The molecule has 1 amide bonds. The molecule has 1 N–H and O–H groups in total. The first-order valence-electron chi connectivity index (χ1n) is 5.45. The Kier molecular flexibility index (Phi) is 3.38. The van der Waals surface area contributed by atoms with E-state index in [9.17, 15) is 4.79 Å². The van der Waals surface area contributed by atoms with Crippen molar-refractivity contribution in [3.05, 3.63) is 35.1 Å². The van der Waals surface area contributed by atoms with Gasteiger partial charge in [-0.1, -0.05) is 11.6 Å². The molecule has 6 nitrogen and oxygen atoms in total. The lowest BCUT2D eigenvalue weighted by molar-refractivity contribution is 0.0929. The van der Waals surface area contributed by atoms with Gasteiger partial charge in [0, 0.05) is 20.3 Å². The summed E-state index contributed by atoms with van der Waals surface area (Å²) in [6.07, 6.45) is 3.28. The van der Waals surface area contributed by atoms with Gasteiger partial charge in [-0.05, 0) is 13.0 Å². The second kappa shape index (κ2) is 4.81. The molecule has 0 spiro atoms. The number of nitrogens with one attached hydrogen (secondary N) is 1. The summed E-state index contributed by atoms with van der Waals surface area (Å²) in [7, 11) is 3.60. The van der Waals surface area contributed by atoms with Gasteiger partial charge >= 0.3 is 0 Å². The average molecular weight is 268 g/mol. The van der Waals surface area contributed by atoms with Crippen LogP contribution in [-0.4, -0.2) is 25.2 Å². The third-order valence-electron chi connectivity index (χ3n) is 2.69. The summed E-state index contributed by atoms with van der Waals surface area (Å²) in [5.74, 6) is 0.503. The largest absolute Gasteiger partial charge is 0.345 e. The summed E-state index contributed by atoms with van der Waals surface area (Å²) < 4.78 is 3.45. The monoisotopic (exact) mass is 267 g/mol. The van der Waals surface area contributed by atoms with E-state index in [1.54, 1.807) is 34.8 Å². The van der Waals surface area contributed by atoms with E-state index in [0.717, 1.165) is 0 Å². The number of aryl methyl sites for hydroxylation is 2. The van der Waals surface area contributed by atoms with Crippen molar-refractivity contribution in [3.8, 4) is 0 Å². The zero-order valence-electron chi connectivity index (χ0n) is 10.4. The number of hydrogen-bond acceptors (Lipinski definition) is 3. The third-order valence-corrected chi connectivity index (χ3v) is 2.89. The number of nitrogens with zero attached hydrogens (tertiary/aromatic N) is 4. The molecule has 2 aromatic rings. The van der Waals surface area contributed by atoms with Crippen LogP contribution >= 0.6 is 11.6 Å². The number of carbonyl (C=O) groups is 1. The van der Waals surface area contributed by atoms with Crippen LogP contribution in [0.4, 0.5) is 0 Å². The van der Waals surface area contributed by atoms with Crippen LogP contribution in [0.15, 0.2) is 18.6 Å². The van der Waals surface area contributed by atoms with Crippen LogP contribution in [0.5, 0.6) is 0 Å². The van der Waals surface area contributed by atoms with E-state index in [2.05, 4.69) is 15.5 Å². The molecule has 1 unspecified atom stereocenters. The summed E-state index contributed by atoms with van der Waals surface area (Å²) in [6, 6.07) is 1.40. The Hall–Kier alpha value is -1.82. The number of aromatic nitrogens is 4. The number of halogens is 1. The topological polar surface area (TPSA) is 64.7 Å². The molecular formula is C11H14ClN5O. The van der Waals surface area contributed by atoms with Gasteiger partial charge in [-0.2, -0.15) is 0 Å². The normalized spacial score (nSPS) is 12.4. The Morgan fingerprint density at radius 2 is 2.17 bits per heavy atom. The van der Waals surface area contributed by atoms with Crippen molar-refractivity contribution >= 4 is 17.5 Å². The second-order valence-corrected chi connectivity index (χ2v) is 4.59.